The van der Waals surface area contributed by atoms with E-state index in [9.17, 15) is 23.9 Å². The molecule has 0 aromatic heterocycles. The number of aliphatic hydroxyl groups excluding tert-OH is 1. The van der Waals surface area contributed by atoms with Gasteiger partial charge >= 0.3 is 5.97 Å². The summed E-state index contributed by atoms with van der Waals surface area (Å²) in [6.07, 6.45) is 2.32. The maximum atomic E-state index is 14.9. The average Bonchev–Trinajstić information content (AvgIpc) is 3.44. The molecule has 32 heavy (non-hydrogen) atoms. The van der Waals surface area contributed by atoms with Crippen LogP contribution in [-0.2, 0) is 23.9 Å². The number of piperidine rings is 1. The standard InChI is InChI=1S/C23H27FN2O6/c1-13-16(12-32-21(13)29)26-7-4-23(22(26)30)2-5-25(6-3-23)9-18(28)19-17(27)8-14-10-31-11-15(14)20(19)24/h10,18-19,28H,2-9,11-12H2,1H3. The van der Waals surface area contributed by atoms with Crippen LogP contribution >= 0.6 is 0 Å². The van der Waals surface area contributed by atoms with Crippen molar-refractivity contribution in [1.82, 2.24) is 9.80 Å². The number of rotatable bonds is 4. The Hall–Kier alpha value is -2.52. The van der Waals surface area contributed by atoms with Gasteiger partial charge in [-0.05, 0) is 39.3 Å². The van der Waals surface area contributed by atoms with E-state index < -0.39 is 23.3 Å². The Morgan fingerprint density at radius 3 is 2.59 bits per heavy atom. The number of β-amino-alcohol motifs (C(OH)–C–C–N with tert-alkyl or cyclic N) is 1. The quantitative estimate of drug-likeness (QED) is 0.649. The maximum absolute atomic E-state index is 14.9. The number of esters is 1. The fraction of sp³-hybridized carbons (Fsp3) is 0.609. The second-order valence-corrected chi connectivity index (χ2v) is 9.40. The molecule has 0 radical (unpaired) electrons. The van der Waals surface area contributed by atoms with E-state index in [-0.39, 0.29) is 43.8 Å². The van der Waals surface area contributed by atoms with E-state index in [0.717, 1.165) is 0 Å². The lowest BCUT2D eigenvalue weighted by Crippen LogP contribution is -2.48. The summed E-state index contributed by atoms with van der Waals surface area (Å²) in [6.45, 7) is 3.84. The first kappa shape index (κ1) is 21.3. The van der Waals surface area contributed by atoms with Crippen molar-refractivity contribution in [2.24, 2.45) is 11.3 Å². The second-order valence-electron chi connectivity index (χ2n) is 9.40. The van der Waals surface area contributed by atoms with E-state index in [1.54, 1.807) is 11.8 Å². The van der Waals surface area contributed by atoms with Gasteiger partial charge in [-0.2, -0.15) is 0 Å². The van der Waals surface area contributed by atoms with E-state index >= 15 is 0 Å². The molecule has 1 amide bonds. The summed E-state index contributed by atoms with van der Waals surface area (Å²) < 4.78 is 25.1. The molecule has 0 saturated carbocycles. The summed E-state index contributed by atoms with van der Waals surface area (Å²) in [5.74, 6) is -2.40. The summed E-state index contributed by atoms with van der Waals surface area (Å²) in [6, 6.07) is 0. The highest BCUT2D eigenvalue weighted by atomic mass is 19.1. The number of carbonyl (C=O) groups excluding carboxylic acids is 3. The molecule has 2 saturated heterocycles. The third-order valence-corrected chi connectivity index (χ3v) is 7.67. The summed E-state index contributed by atoms with van der Waals surface area (Å²) in [4.78, 5) is 41.1. The molecular weight excluding hydrogens is 419 g/mol. The van der Waals surface area contributed by atoms with E-state index in [1.165, 1.54) is 6.26 Å². The number of aliphatic hydroxyl groups is 1. The number of ether oxygens (including phenoxy) is 2. The Balaban J connectivity index is 1.22. The molecule has 2 fully saturated rings. The number of fused-ring (bicyclic) bond motifs is 1. The van der Waals surface area contributed by atoms with Crippen LogP contribution in [-0.4, -0.2) is 78.1 Å². The number of nitrogens with zero attached hydrogens (tertiary/aromatic N) is 2. The number of ketones is 1. The number of halogens is 1. The predicted molar refractivity (Wildman–Crippen MR) is 109 cm³/mol. The fourth-order valence-electron chi connectivity index (χ4n) is 5.59. The molecule has 0 bridgehead atoms. The second kappa shape index (κ2) is 7.81. The number of cyclic esters (lactones) is 1. The van der Waals surface area contributed by atoms with Crippen molar-refractivity contribution >= 4 is 17.7 Å². The van der Waals surface area contributed by atoms with E-state index in [2.05, 4.69) is 0 Å². The van der Waals surface area contributed by atoms with Crippen LogP contribution < -0.4 is 0 Å². The molecule has 1 spiro atoms. The highest BCUT2D eigenvalue weighted by Crippen LogP contribution is 2.44. The molecule has 2 unspecified atom stereocenters. The van der Waals surface area contributed by atoms with Crippen molar-refractivity contribution in [3.8, 4) is 0 Å². The van der Waals surface area contributed by atoms with Crippen LogP contribution in [0.4, 0.5) is 4.39 Å². The third kappa shape index (κ3) is 3.29. The SMILES string of the molecule is CC1=C(N2CCC3(CCN(CC(O)C4C(=O)CC5=COCC5=C4F)CC3)C2=O)COC1=O. The number of Topliss-reactive ketones (excluding diaryl/α,β-unsaturated/α-hetero) is 1. The summed E-state index contributed by atoms with van der Waals surface area (Å²) in [7, 11) is 0. The Kier molecular flexibility index (Phi) is 5.21. The van der Waals surface area contributed by atoms with Crippen molar-refractivity contribution in [1.29, 1.82) is 0 Å². The van der Waals surface area contributed by atoms with Crippen molar-refractivity contribution < 1.29 is 33.4 Å². The molecule has 9 heteroatoms. The summed E-state index contributed by atoms with van der Waals surface area (Å²) in [5, 5.41) is 10.7. The van der Waals surface area contributed by atoms with Crippen LogP contribution in [0.25, 0.3) is 0 Å². The smallest absolute Gasteiger partial charge is 0.336 e. The molecule has 0 aromatic rings. The van der Waals surface area contributed by atoms with Crippen LogP contribution in [0.3, 0.4) is 0 Å². The number of hydrogen-bond acceptors (Lipinski definition) is 7. The molecule has 5 aliphatic rings. The van der Waals surface area contributed by atoms with Gasteiger partial charge < -0.3 is 24.4 Å². The number of carbonyl (C=O) groups is 3. The van der Waals surface area contributed by atoms with Gasteiger partial charge in [-0.3, -0.25) is 9.59 Å². The molecule has 1 aliphatic carbocycles. The van der Waals surface area contributed by atoms with Gasteiger partial charge in [0.05, 0.1) is 35.0 Å². The molecule has 172 valence electrons. The molecule has 5 rings (SSSR count). The highest BCUT2D eigenvalue weighted by molar-refractivity contribution is 5.94. The lowest BCUT2D eigenvalue weighted by molar-refractivity contribution is -0.139. The zero-order valence-corrected chi connectivity index (χ0v) is 18.1. The number of hydrogen-bond donors (Lipinski definition) is 1. The van der Waals surface area contributed by atoms with E-state index in [0.29, 0.717) is 61.3 Å². The molecule has 4 aliphatic heterocycles. The largest absolute Gasteiger partial charge is 0.496 e. The highest BCUT2D eigenvalue weighted by Gasteiger charge is 2.50. The van der Waals surface area contributed by atoms with Crippen LogP contribution in [0.15, 0.2) is 34.5 Å². The van der Waals surface area contributed by atoms with Gasteiger partial charge in [0.2, 0.25) is 5.91 Å². The minimum Gasteiger partial charge on any atom is -0.496 e. The number of amides is 1. The third-order valence-electron chi connectivity index (χ3n) is 7.67. The van der Waals surface area contributed by atoms with Gasteiger partial charge in [0.1, 0.15) is 24.8 Å². The van der Waals surface area contributed by atoms with E-state index in [4.69, 9.17) is 9.47 Å². The zero-order chi connectivity index (χ0) is 22.6. The predicted octanol–water partition coefficient (Wildman–Crippen LogP) is 1.22. The first-order valence-electron chi connectivity index (χ1n) is 11.1. The normalized spacial score (nSPS) is 29.0. The monoisotopic (exact) mass is 446 g/mol. The topological polar surface area (TPSA) is 96.4 Å². The molecule has 1 N–H and O–H groups in total. The fourth-order valence-corrected chi connectivity index (χ4v) is 5.59. The van der Waals surface area contributed by atoms with Crippen LogP contribution in [0.5, 0.6) is 0 Å². The molecule has 0 aromatic carbocycles. The maximum Gasteiger partial charge on any atom is 0.336 e. The zero-order valence-electron chi connectivity index (χ0n) is 18.1. The number of likely N-dealkylation sites (tertiary alicyclic amines) is 2. The molecule has 2 atom stereocenters. The Morgan fingerprint density at radius 2 is 1.91 bits per heavy atom. The Labute approximate surface area is 185 Å². The molecule has 8 nitrogen and oxygen atoms in total. The van der Waals surface area contributed by atoms with Gasteiger partial charge in [-0.25, -0.2) is 9.18 Å². The minimum atomic E-state index is -1.15. The van der Waals surface area contributed by atoms with Gasteiger partial charge in [0, 0.05) is 30.7 Å². The Bertz CT molecular complexity index is 975. The summed E-state index contributed by atoms with van der Waals surface area (Å²) >= 11 is 0. The van der Waals surface area contributed by atoms with E-state index in [1.807, 2.05) is 4.90 Å². The van der Waals surface area contributed by atoms with Crippen molar-refractivity contribution in [3.63, 3.8) is 0 Å². The molecule has 4 heterocycles. The Morgan fingerprint density at radius 1 is 1.19 bits per heavy atom. The lowest BCUT2D eigenvalue weighted by Gasteiger charge is -2.39. The van der Waals surface area contributed by atoms with Crippen LogP contribution in [0, 0.1) is 11.3 Å². The molecular formula is C23H27FN2O6. The van der Waals surface area contributed by atoms with Gasteiger partial charge in [0.15, 0.2) is 0 Å². The lowest BCUT2D eigenvalue weighted by atomic mass is 9.76. The van der Waals surface area contributed by atoms with Crippen molar-refractivity contribution in [2.45, 2.75) is 38.7 Å². The van der Waals surface area contributed by atoms with Crippen LogP contribution in [0.1, 0.15) is 32.6 Å². The first-order chi connectivity index (χ1) is 15.3. The van der Waals surface area contributed by atoms with Gasteiger partial charge in [0.25, 0.3) is 0 Å². The minimum absolute atomic E-state index is 0.0316. The van der Waals surface area contributed by atoms with Crippen LogP contribution in [0.2, 0.25) is 0 Å². The van der Waals surface area contributed by atoms with Gasteiger partial charge in [-0.1, -0.05) is 0 Å². The summed E-state index contributed by atoms with van der Waals surface area (Å²) in [5.41, 5.74) is 1.64. The average molecular weight is 446 g/mol. The van der Waals surface area contributed by atoms with Crippen molar-refractivity contribution in [3.05, 3.63) is 34.5 Å². The van der Waals surface area contributed by atoms with Gasteiger partial charge in [-0.15, -0.1) is 0 Å². The van der Waals surface area contributed by atoms with Crippen molar-refractivity contribution in [2.75, 3.05) is 39.4 Å². The first-order valence-corrected chi connectivity index (χ1v) is 11.1.